The molecule has 0 aliphatic carbocycles. The van der Waals surface area contributed by atoms with Gasteiger partial charge in [-0.25, -0.2) is 0 Å². The molecular formula is C13H19N3O3S. The third-order valence-corrected chi connectivity index (χ3v) is 4.13. The molecule has 2 heterocycles. The molecule has 1 aromatic rings. The van der Waals surface area contributed by atoms with Crippen LogP contribution in [0.2, 0.25) is 0 Å². The normalized spacial score (nSPS) is 23.5. The molecule has 1 unspecified atom stereocenters. The summed E-state index contributed by atoms with van der Waals surface area (Å²) in [6.45, 7) is 3.25. The monoisotopic (exact) mass is 297 g/mol. The number of nitrogens with one attached hydrogen (secondary N) is 1. The smallest absolute Gasteiger partial charge is 0.251 e. The number of thiophene rings is 1. The summed E-state index contributed by atoms with van der Waals surface area (Å²) in [6.07, 6.45) is 1.62. The van der Waals surface area contributed by atoms with E-state index in [-0.39, 0.29) is 12.5 Å². The molecule has 1 atom stereocenters. The van der Waals surface area contributed by atoms with Crippen LogP contribution in [0.5, 0.6) is 0 Å². The Morgan fingerprint density at radius 3 is 3.00 bits per heavy atom. The summed E-state index contributed by atoms with van der Waals surface area (Å²) in [4.78, 5) is 25.1. The van der Waals surface area contributed by atoms with Gasteiger partial charge in [-0.3, -0.25) is 14.5 Å². The van der Waals surface area contributed by atoms with E-state index in [1.165, 1.54) is 11.3 Å². The van der Waals surface area contributed by atoms with E-state index in [1.54, 1.807) is 18.4 Å². The lowest BCUT2D eigenvalue weighted by atomic mass is 9.95. The van der Waals surface area contributed by atoms with E-state index in [2.05, 4.69) is 5.32 Å². The Bertz CT molecular complexity index is 513. The molecule has 20 heavy (non-hydrogen) atoms. The van der Waals surface area contributed by atoms with Gasteiger partial charge in [0.2, 0.25) is 5.91 Å². The lowest BCUT2D eigenvalue weighted by Crippen LogP contribution is -2.48. The quantitative estimate of drug-likeness (QED) is 0.759. The van der Waals surface area contributed by atoms with Crippen molar-refractivity contribution < 1.29 is 14.7 Å². The molecule has 110 valence electrons. The number of piperidine rings is 1. The van der Waals surface area contributed by atoms with Gasteiger partial charge in [-0.05, 0) is 37.8 Å². The van der Waals surface area contributed by atoms with Crippen molar-refractivity contribution in [3.63, 3.8) is 0 Å². The minimum atomic E-state index is -0.736. The number of carbonyl (C=O) groups is 2. The topological polar surface area (TPSA) is 95.7 Å². The van der Waals surface area contributed by atoms with Crippen molar-refractivity contribution in [2.45, 2.75) is 25.4 Å². The minimum absolute atomic E-state index is 0.201. The lowest BCUT2D eigenvalue weighted by Gasteiger charge is -2.36. The molecule has 2 rings (SSSR count). The number of hydrogen-bond acceptors (Lipinski definition) is 5. The molecule has 0 saturated carbocycles. The van der Waals surface area contributed by atoms with Crippen LogP contribution < -0.4 is 11.1 Å². The van der Waals surface area contributed by atoms with Crippen molar-refractivity contribution in [2.24, 2.45) is 5.73 Å². The molecule has 6 nitrogen and oxygen atoms in total. The zero-order valence-electron chi connectivity index (χ0n) is 11.4. The second-order valence-corrected chi connectivity index (χ2v) is 6.30. The standard InChI is InChI=1S/C13H19N3O3S/c1-13(19)4-2-5-16(8-13)7-10(17)15-12-9(11(14)18)3-6-20-12/h3,6,19H,2,4-5,7-8H2,1H3,(H2,14,18)(H,15,17). The Hall–Kier alpha value is -1.44. The summed E-state index contributed by atoms with van der Waals surface area (Å²) >= 11 is 1.27. The van der Waals surface area contributed by atoms with Gasteiger partial charge in [-0.1, -0.05) is 0 Å². The Labute approximate surface area is 121 Å². The van der Waals surface area contributed by atoms with Gasteiger partial charge in [0.05, 0.1) is 17.7 Å². The second kappa shape index (κ2) is 5.90. The fourth-order valence-electron chi connectivity index (χ4n) is 2.43. The summed E-state index contributed by atoms with van der Waals surface area (Å²) in [5, 5.41) is 14.9. The van der Waals surface area contributed by atoms with E-state index in [9.17, 15) is 14.7 Å². The van der Waals surface area contributed by atoms with Gasteiger partial charge in [-0.2, -0.15) is 0 Å². The number of aliphatic hydroxyl groups is 1. The zero-order valence-corrected chi connectivity index (χ0v) is 12.2. The molecule has 1 aliphatic rings. The predicted octanol–water partition coefficient (Wildman–Crippen LogP) is 0.632. The first-order valence-electron chi connectivity index (χ1n) is 6.49. The largest absolute Gasteiger partial charge is 0.389 e. The van der Waals surface area contributed by atoms with Crippen LogP contribution in [0.15, 0.2) is 11.4 Å². The van der Waals surface area contributed by atoms with Crippen LogP contribution >= 0.6 is 11.3 Å². The summed E-state index contributed by atoms with van der Waals surface area (Å²) in [7, 11) is 0. The molecule has 4 N–H and O–H groups in total. The van der Waals surface area contributed by atoms with Gasteiger partial charge >= 0.3 is 0 Å². The highest BCUT2D eigenvalue weighted by atomic mass is 32.1. The second-order valence-electron chi connectivity index (χ2n) is 5.39. The Morgan fingerprint density at radius 2 is 2.35 bits per heavy atom. The van der Waals surface area contributed by atoms with Crippen molar-refractivity contribution in [3.05, 3.63) is 17.0 Å². The van der Waals surface area contributed by atoms with E-state index in [0.29, 0.717) is 17.1 Å². The number of amides is 2. The third kappa shape index (κ3) is 3.78. The molecule has 1 fully saturated rings. The number of carbonyl (C=O) groups excluding carboxylic acids is 2. The summed E-state index contributed by atoms with van der Waals surface area (Å²) < 4.78 is 0. The third-order valence-electron chi connectivity index (χ3n) is 3.30. The minimum Gasteiger partial charge on any atom is -0.389 e. The molecule has 0 aromatic carbocycles. The average Bonchev–Trinajstić information content (AvgIpc) is 2.75. The maximum absolute atomic E-state index is 12.0. The number of rotatable bonds is 4. The summed E-state index contributed by atoms with van der Waals surface area (Å²) in [6, 6.07) is 1.59. The van der Waals surface area contributed by atoms with Crippen molar-refractivity contribution in [3.8, 4) is 0 Å². The Morgan fingerprint density at radius 1 is 1.60 bits per heavy atom. The number of primary amides is 1. The van der Waals surface area contributed by atoms with Crippen LogP contribution in [0.4, 0.5) is 5.00 Å². The van der Waals surface area contributed by atoms with Crippen molar-refractivity contribution in [1.82, 2.24) is 4.90 Å². The number of nitrogens with zero attached hydrogens (tertiary/aromatic N) is 1. The number of hydrogen-bond donors (Lipinski definition) is 3. The maximum Gasteiger partial charge on any atom is 0.251 e. The van der Waals surface area contributed by atoms with Gasteiger partial charge in [0.25, 0.3) is 5.91 Å². The van der Waals surface area contributed by atoms with Gasteiger partial charge in [-0.15, -0.1) is 11.3 Å². The first kappa shape index (κ1) is 15.0. The van der Waals surface area contributed by atoms with Gasteiger partial charge in [0.1, 0.15) is 5.00 Å². The molecule has 1 aromatic heterocycles. The van der Waals surface area contributed by atoms with E-state index < -0.39 is 11.5 Å². The van der Waals surface area contributed by atoms with Crippen LogP contribution in [-0.4, -0.2) is 47.1 Å². The molecule has 0 radical (unpaired) electrons. The molecular weight excluding hydrogens is 278 g/mol. The van der Waals surface area contributed by atoms with Crippen LogP contribution in [0.3, 0.4) is 0 Å². The predicted molar refractivity (Wildman–Crippen MR) is 77.8 cm³/mol. The maximum atomic E-state index is 12.0. The summed E-state index contributed by atoms with van der Waals surface area (Å²) in [5.74, 6) is -0.755. The molecule has 0 spiro atoms. The SMILES string of the molecule is CC1(O)CCCN(CC(=O)Nc2sccc2C(N)=O)C1. The van der Waals surface area contributed by atoms with Gasteiger partial charge < -0.3 is 16.2 Å². The van der Waals surface area contributed by atoms with Gasteiger partial charge in [0, 0.05) is 6.54 Å². The molecule has 7 heteroatoms. The first-order chi connectivity index (χ1) is 9.37. The van der Waals surface area contributed by atoms with Crippen molar-refractivity contribution in [2.75, 3.05) is 25.0 Å². The Kier molecular flexibility index (Phi) is 4.42. The molecule has 2 amide bonds. The number of likely N-dealkylation sites (tertiary alicyclic amines) is 1. The number of anilines is 1. The number of β-amino-alcohol motifs (C(OH)–C–C–N with tert-alkyl or cyclic N) is 1. The van der Waals surface area contributed by atoms with Crippen LogP contribution in [0, 0.1) is 0 Å². The van der Waals surface area contributed by atoms with Crippen molar-refractivity contribution in [1.29, 1.82) is 0 Å². The van der Waals surface area contributed by atoms with Crippen molar-refractivity contribution >= 4 is 28.2 Å². The van der Waals surface area contributed by atoms with Crippen LogP contribution in [0.25, 0.3) is 0 Å². The fraction of sp³-hybridized carbons (Fsp3) is 0.538. The molecule has 1 aliphatic heterocycles. The average molecular weight is 297 g/mol. The summed E-state index contributed by atoms with van der Waals surface area (Å²) in [5.41, 5.74) is 4.82. The van der Waals surface area contributed by atoms with Gasteiger partial charge in [0.15, 0.2) is 0 Å². The zero-order chi connectivity index (χ0) is 14.8. The highest BCUT2D eigenvalue weighted by Gasteiger charge is 2.29. The highest BCUT2D eigenvalue weighted by Crippen LogP contribution is 2.23. The molecule has 1 saturated heterocycles. The Balaban J connectivity index is 1.92. The van der Waals surface area contributed by atoms with E-state index in [4.69, 9.17) is 5.73 Å². The lowest BCUT2D eigenvalue weighted by molar-refractivity contribution is -0.118. The highest BCUT2D eigenvalue weighted by molar-refractivity contribution is 7.14. The van der Waals surface area contributed by atoms with E-state index >= 15 is 0 Å². The van der Waals surface area contributed by atoms with E-state index in [1.807, 2.05) is 4.90 Å². The fourth-order valence-corrected chi connectivity index (χ4v) is 3.24. The molecule has 0 bridgehead atoms. The number of nitrogens with two attached hydrogens (primary N) is 1. The van der Waals surface area contributed by atoms with Crippen LogP contribution in [0.1, 0.15) is 30.1 Å². The first-order valence-corrected chi connectivity index (χ1v) is 7.37. The van der Waals surface area contributed by atoms with E-state index in [0.717, 1.165) is 19.4 Å². The van der Waals surface area contributed by atoms with Crippen LogP contribution in [-0.2, 0) is 4.79 Å².